The minimum atomic E-state index is -0.232. The van der Waals surface area contributed by atoms with Crippen LogP contribution >= 0.6 is 0 Å². The first-order valence-corrected chi connectivity index (χ1v) is 6.50. The summed E-state index contributed by atoms with van der Waals surface area (Å²) in [7, 11) is 0. The average molecular weight is 264 g/mol. The van der Waals surface area contributed by atoms with Crippen LogP contribution in [-0.4, -0.2) is 48.8 Å². The van der Waals surface area contributed by atoms with Crippen molar-refractivity contribution in [1.82, 2.24) is 9.88 Å². The largest absolute Gasteiger partial charge is 0.450 e. The lowest BCUT2D eigenvalue weighted by Crippen LogP contribution is -2.49. The van der Waals surface area contributed by atoms with E-state index in [1.165, 1.54) is 0 Å². The van der Waals surface area contributed by atoms with Gasteiger partial charge in [0.05, 0.1) is 18.5 Å². The van der Waals surface area contributed by atoms with Gasteiger partial charge in [0.2, 0.25) is 0 Å². The number of anilines is 2. The third-order valence-corrected chi connectivity index (χ3v) is 3.18. The number of rotatable bonds is 2. The van der Waals surface area contributed by atoms with E-state index in [4.69, 9.17) is 10.5 Å². The van der Waals surface area contributed by atoms with Crippen LogP contribution in [0.1, 0.15) is 12.5 Å². The van der Waals surface area contributed by atoms with Gasteiger partial charge in [0, 0.05) is 26.2 Å². The number of hydrogen-bond donors (Lipinski definition) is 1. The van der Waals surface area contributed by atoms with Crippen LogP contribution < -0.4 is 10.6 Å². The highest BCUT2D eigenvalue weighted by atomic mass is 16.6. The van der Waals surface area contributed by atoms with Crippen LogP contribution in [0.3, 0.4) is 0 Å². The van der Waals surface area contributed by atoms with Gasteiger partial charge in [-0.2, -0.15) is 0 Å². The van der Waals surface area contributed by atoms with Crippen LogP contribution in [-0.2, 0) is 4.74 Å². The standard InChI is InChI=1S/C13H20N4O2/c1-3-19-13(18)17-6-4-16(5-7-17)12-10(2)8-11(14)9-15-12/h8-9H,3-7,14H2,1-2H3. The zero-order chi connectivity index (χ0) is 13.8. The number of amides is 1. The molecule has 2 N–H and O–H groups in total. The Morgan fingerprint density at radius 3 is 2.68 bits per heavy atom. The summed E-state index contributed by atoms with van der Waals surface area (Å²) in [6.07, 6.45) is 1.43. The predicted octanol–water partition coefficient (Wildman–Crippen LogP) is 1.25. The molecule has 0 bridgehead atoms. The monoisotopic (exact) mass is 264 g/mol. The van der Waals surface area contributed by atoms with Gasteiger partial charge in [0.25, 0.3) is 0 Å². The third kappa shape index (κ3) is 3.07. The van der Waals surface area contributed by atoms with Gasteiger partial charge in [0.15, 0.2) is 0 Å². The number of hydrogen-bond acceptors (Lipinski definition) is 5. The molecule has 6 heteroatoms. The Kier molecular flexibility index (Phi) is 4.09. The molecule has 0 saturated carbocycles. The highest BCUT2D eigenvalue weighted by Crippen LogP contribution is 2.20. The van der Waals surface area contributed by atoms with Crippen molar-refractivity contribution in [2.75, 3.05) is 43.4 Å². The molecular formula is C13H20N4O2. The van der Waals surface area contributed by atoms with Crippen LogP contribution in [0.15, 0.2) is 12.3 Å². The molecule has 1 aliphatic heterocycles. The van der Waals surface area contributed by atoms with Crippen LogP contribution in [0, 0.1) is 6.92 Å². The molecule has 1 amide bonds. The minimum absolute atomic E-state index is 0.232. The fourth-order valence-electron chi connectivity index (χ4n) is 2.24. The number of nitrogen functional groups attached to an aromatic ring is 1. The first kappa shape index (κ1) is 13.5. The normalized spacial score (nSPS) is 15.5. The molecule has 104 valence electrons. The Morgan fingerprint density at radius 1 is 1.42 bits per heavy atom. The van der Waals surface area contributed by atoms with Gasteiger partial charge >= 0.3 is 6.09 Å². The minimum Gasteiger partial charge on any atom is -0.450 e. The summed E-state index contributed by atoms with van der Waals surface area (Å²) in [6, 6.07) is 1.92. The van der Waals surface area contributed by atoms with Crippen molar-refractivity contribution in [2.45, 2.75) is 13.8 Å². The van der Waals surface area contributed by atoms with Crippen LogP contribution in [0.25, 0.3) is 0 Å². The molecule has 1 saturated heterocycles. The summed E-state index contributed by atoms with van der Waals surface area (Å²) in [5.41, 5.74) is 7.43. The van der Waals surface area contributed by atoms with Crippen LogP contribution in [0.2, 0.25) is 0 Å². The molecule has 1 fully saturated rings. The summed E-state index contributed by atoms with van der Waals surface area (Å²) in [5, 5.41) is 0. The van der Waals surface area contributed by atoms with Gasteiger partial charge in [-0.15, -0.1) is 0 Å². The number of aryl methyl sites for hydroxylation is 1. The smallest absolute Gasteiger partial charge is 0.409 e. The molecule has 0 radical (unpaired) electrons. The SMILES string of the molecule is CCOC(=O)N1CCN(c2ncc(N)cc2C)CC1. The van der Waals surface area contributed by atoms with Crippen molar-refractivity contribution in [2.24, 2.45) is 0 Å². The maximum Gasteiger partial charge on any atom is 0.409 e. The van der Waals surface area contributed by atoms with Gasteiger partial charge in [-0.3, -0.25) is 0 Å². The summed E-state index contributed by atoms with van der Waals surface area (Å²) in [5.74, 6) is 0.942. The lowest BCUT2D eigenvalue weighted by molar-refractivity contribution is 0.105. The predicted molar refractivity (Wildman–Crippen MR) is 74.2 cm³/mol. The Labute approximate surface area is 113 Å². The summed E-state index contributed by atoms with van der Waals surface area (Å²) >= 11 is 0. The quantitative estimate of drug-likeness (QED) is 0.870. The average Bonchev–Trinajstić information content (AvgIpc) is 2.39. The first-order chi connectivity index (χ1) is 9.11. The Morgan fingerprint density at radius 2 is 2.11 bits per heavy atom. The molecule has 2 heterocycles. The third-order valence-electron chi connectivity index (χ3n) is 3.18. The zero-order valence-electron chi connectivity index (χ0n) is 11.4. The Balaban J connectivity index is 1.98. The lowest BCUT2D eigenvalue weighted by Gasteiger charge is -2.35. The Hall–Kier alpha value is -1.98. The summed E-state index contributed by atoms with van der Waals surface area (Å²) in [4.78, 5) is 19.9. The van der Waals surface area contributed by atoms with Crippen molar-refractivity contribution in [1.29, 1.82) is 0 Å². The van der Waals surface area contributed by atoms with Crippen molar-refractivity contribution in [3.05, 3.63) is 17.8 Å². The molecule has 0 atom stereocenters. The molecule has 0 unspecified atom stereocenters. The molecule has 2 rings (SSSR count). The van der Waals surface area contributed by atoms with E-state index >= 15 is 0 Å². The molecule has 0 aliphatic carbocycles. The first-order valence-electron chi connectivity index (χ1n) is 6.50. The zero-order valence-corrected chi connectivity index (χ0v) is 11.4. The molecule has 19 heavy (non-hydrogen) atoms. The van der Waals surface area contributed by atoms with Gasteiger partial charge < -0.3 is 20.3 Å². The number of ether oxygens (including phenoxy) is 1. The fourth-order valence-corrected chi connectivity index (χ4v) is 2.24. The molecule has 1 aromatic heterocycles. The Bertz CT molecular complexity index is 456. The maximum absolute atomic E-state index is 11.6. The topological polar surface area (TPSA) is 71.7 Å². The van der Waals surface area contributed by atoms with Crippen molar-refractivity contribution < 1.29 is 9.53 Å². The van der Waals surface area contributed by atoms with Gasteiger partial charge in [0.1, 0.15) is 5.82 Å². The van der Waals surface area contributed by atoms with E-state index in [2.05, 4.69) is 9.88 Å². The maximum atomic E-state index is 11.6. The van der Waals surface area contributed by atoms with E-state index in [-0.39, 0.29) is 6.09 Å². The van der Waals surface area contributed by atoms with E-state index in [0.717, 1.165) is 24.5 Å². The van der Waals surface area contributed by atoms with Crippen LogP contribution in [0.5, 0.6) is 0 Å². The van der Waals surface area contributed by atoms with Crippen molar-refractivity contribution >= 4 is 17.6 Å². The number of nitrogens with zero attached hydrogens (tertiary/aromatic N) is 3. The lowest BCUT2D eigenvalue weighted by atomic mass is 10.2. The second-order valence-corrected chi connectivity index (χ2v) is 4.58. The van der Waals surface area contributed by atoms with E-state index < -0.39 is 0 Å². The number of carbonyl (C=O) groups excluding carboxylic acids is 1. The summed E-state index contributed by atoms with van der Waals surface area (Å²) < 4.78 is 5.00. The van der Waals surface area contributed by atoms with E-state index in [1.807, 2.05) is 19.9 Å². The number of carbonyl (C=O) groups is 1. The second-order valence-electron chi connectivity index (χ2n) is 4.58. The highest BCUT2D eigenvalue weighted by Gasteiger charge is 2.23. The molecular weight excluding hydrogens is 244 g/mol. The number of nitrogens with two attached hydrogens (primary N) is 1. The number of aromatic nitrogens is 1. The van der Waals surface area contributed by atoms with E-state index in [1.54, 1.807) is 11.1 Å². The molecule has 1 aromatic rings. The van der Waals surface area contributed by atoms with Crippen molar-refractivity contribution in [3.63, 3.8) is 0 Å². The van der Waals surface area contributed by atoms with Crippen LogP contribution in [0.4, 0.5) is 16.3 Å². The highest BCUT2D eigenvalue weighted by molar-refractivity contribution is 5.68. The van der Waals surface area contributed by atoms with Gasteiger partial charge in [-0.05, 0) is 25.5 Å². The number of piperazine rings is 1. The molecule has 0 spiro atoms. The van der Waals surface area contributed by atoms with Crippen molar-refractivity contribution in [3.8, 4) is 0 Å². The van der Waals surface area contributed by atoms with Gasteiger partial charge in [-0.25, -0.2) is 9.78 Å². The molecule has 0 aromatic carbocycles. The number of pyridine rings is 1. The summed E-state index contributed by atoms with van der Waals surface area (Å²) in [6.45, 7) is 7.06. The molecule has 1 aliphatic rings. The van der Waals surface area contributed by atoms with E-state index in [9.17, 15) is 4.79 Å². The second kappa shape index (κ2) is 5.77. The fraction of sp³-hybridized carbons (Fsp3) is 0.538. The molecule has 6 nitrogen and oxygen atoms in total. The van der Waals surface area contributed by atoms with E-state index in [0.29, 0.717) is 25.4 Å². The van der Waals surface area contributed by atoms with Gasteiger partial charge in [-0.1, -0.05) is 0 Å².